The van der Waals surface area contributed by atoms with Gasteiger partial charge in [-0.25, -0.2) is 13.7 Å². The highest BCUT2D eigenvalue weighted by Crippen LogP contribution is 2.38. The number of amides is 2. The number of para-hydroxylation sites is 1. The molecule has 3 aromatic rings. The summed E-state index contributed by atoms with van der Waals surface area (Å²) in [4.78, 5) is 27.9. The van der Waals surface area contributed by atoms with Crippen molar-refractivity contribution in [3.05, 3.63) is 101 Å². The van der Waals surface area contributed by atoms with Crippen LogP contribution in [0, 0.1) is 11.6 Å². The fraction of sp³-hybridized carbons (Fsp3) is 0. The van der Waals surface area contributed by atoms with Crippen LogP contribution in [0.15, 0.2) is 94.4 Å². The minimum Gasteiger partial charge on any atom is -0.350 e. The number of thioether (sulfide) groups is 1. The number of carbonyl (C=O) groups is 2. The van der Waals surface area contributed by atoms with Gasteiger partial charge in [-0.1, -0.05) is 42.1 Å². The van der Waals surface area contributed by atoms with Gasteiger partial charge in [0.25, 0.3) is 11.8 Å². The third-order valence-electron chi connectivity index (χ3n) is 4.21. The molecule has 1 aliphatic rings. The van der Waals surface area contributed by atoms with E-state index in [4.69, 9.17) is 0 Å². The predicted octanol–water partition coefficient (Wildman–Crippen LogP) is 4.95. The summed E-state index contributed by atoms with van der Waals surface area (Å²) >= 11 is 1.11. The molecule has 0 atom stereocenters. The van der Waals surface area contributed by atoms with Crippen molar-refractivity contribution < 1.29 is 18.4 Å². The van der Waals surface area contributed by atoms with Crippen molar-refractivity contribution in [2.75, 3.05) is 10.2 Å². The van der Waals surface area contributed by atoms with Gasteiger partial charge in [-0.05, 0) is 48.5 Å². The number of hydrogen-bond donors (Lipinski definition) is 1. The maximum absolute atomic E-state index is 14.3. The summed E-state index contributed by atoms with van der Waals surface area (Å²) in [7, 11) is 0. The SMILES string of the molecule is O=C1C(Nc2ccc(F)cc2)=C(Sc2ccccc2)C(=O)N1c1ccccc1F. The molecule has 4 nitrogen and oxygen atoms in total. The van der Waals surface area contributed by atoms with Gasteiger partial charge in [0.15, 0.2) is 0 Å². The summed E-state index contributed by atoms with van der Waals surface area (Å²) in [6, 6.07) is 20.0. The van der Waals surface area contributed by atoms with E-state index in [0.29, 0.717) is 5.69 Å². The largest absolute Gasteiger partial charge is 0.350 e. The van der Waals surface area contributed by atoms with E-state index in [0.717, 1.165) is 21.6 Å². The molecule has 0 aliphatic carbocycles. The molecule has 0 saturated heterocycles. The van der Waals surface area contributed by atoms with Crippen molar-refractivity contribution >= 4 is 35.0 Å². The quantitative estimate of drug-likeness (QED) is 0.607. The Bertz CT molecular complexity index is 1120. The van der Waals surface area contributed by atoms with E-state index in [1.54, 1.807) is 18.2 Å². The second kappa shape index (κ2) is 7.89. The third-order valence-corrected chi connectivity index (χ3v) is 5.30. The van der Waals surface area contributed by atoms with Crippen LogP contribution in [-0.2, 0) is 9.59 Å². The Balaban J connectivity index is 1.76. The number of anilines is 2. The molecule has 1 aliphatic heterocycles. The lowest BCUT2D eigenvalue weighted by atomic mass is 10.2. The first-order chi connectivity index (χ1) is 14.0. The Morgan fingerprint density at radius 3 is 2.10 bits per heavy atom. The molecule has 7 heteroatoms. The summed E-state index contributed by atoms with van der Waals surface area (Å²) in [6.45, 7) is 0. The van der Waals surface area contributed by atoms with E-state index in [9.17, 15) is 18.4 Å². The van der Waals surface area contributed by atoms with Gasteiger partial charge in [-0.15, -0.1) is 0 Å². The molecule has 0 fully saturated rings. The molecular weight excluding hydrogens is 394 g/mol. The van der Waals surface area contributed by atoms with Crippen LogP contribution >= 0.6 is 11.8 Å². The van der Waals surface area contributed by atoms with E-state index in [1.165, 1.54) is 42.5 Å². The molecular formula is C22H14F2N2O2S. The van der Waals surface area contributed by atoms with Crippen molar-refractivity contribution in [1.29, 1.82) is 0 Å². The zero-order chi connectivity index (χ0) is 20.4. The van der Waals surface area contributed by atoms with Gasteiger partial charge in [0.1, 0.15) is 22.2 Å². The number of nitrogens with zero attached hydrogens (tertiary/aromatic N) is 1. The van der Waals surface area contributed by atoms with Crippen molar-refractivity contribution in [3.63, 3.8) is 0 Å². The number of nitrogens with one attached hydrogen (secondary N) is 1. The monoisotopic (exact) mass is 408 g/mol. The first kappa shape index (κ1) is 18.9. The minimum absolute atomic E-state index is 0.0127. The normalized spacial score (nSPS) is 13.9. The average molecular weight is 408 g/mol. The van der Waals surface area contributed by atoms with Gasteiger partial charge in [0.2, 0.25) is 0 Å². The van der Waals surface area contributed by atoms with Crippen LogP contribution in [0.5, 0.6) is 0 Å². The van der Waals surface area contributed by atoms with Crippen molar-refractivity contribution in [2.24, 2.45) is 0 Å². The second-order valence-corrected chi connectivity index (χ2v) is 7.23. The highest BCUT2D eigenvalue weighted by molar-refractivity contribution is 8.04. The van der Waals surface area contributed by atoms with E-state index >= 15 is 0 Å². The Hall–Kier alpha value is -3.45. The third kappa shape index (κ3) is 3.77. The van der Waals surface area contributed by atoms with Crippen molar-refractivity contribution in [2.45, 2.75) is 4.90 Å². The molecule has 29 heavy (non-hydrogen) atoms. The number of benzene rings is 3. The van der Waals surface area contributed by atoms with Crippen molar-refractivity contribution in [3.8, 4) is 0 Å². The maximum atomic E-state index is 14.3. The lowest BCUT2D eigenvalue weighted by molar-refractivity contribution is -0.120. The molecule has 1 heterocycles. The molecule has 3 aromatic carbocycles. The summed E-state index contributed by atoms with van der Waals surface area (Å²) in [5.74, 6) is -2.41. The molecule has 0 unspecified atom stereocenters. The molecule has 0 aromatic heterocycles. The highest BCUT2D eigenvalue weighted by Gasteiger charge is 2.41. The Morgan fingerprint density at radius 1 is 0.759 bits per heavy atom. The van der Waals surface area contributed by atoms with Gasteiger partial charge >= 0.3 is 0 Å². The fourth-order valence-corrected chi connectivity index (χ4v) is 3.80. The standard InChI is InChI=1S/C22H14F2N2O2S/c23-14-10-12-15(13-11-14)25-19-20(29-16-6-2-1-3-7-16)22(28)26(21(19)27)18-9-5-4-8-17(18)24/h1-13,25H. The Kier molecular flexibility index (Phi) is 5.14. The summed E-state index contributed by atoms with van der Waals surface area (Å²) < 4.78 is 27.5. The summed E-state index contributed by atoms with van der Waals surface area (Å²) in [6.07, 6.45) is 0. The highest BCUT2D eigenvalue weighted by atomic mass is 32.2. The molecule has 144 valence electrons. The van der Waals surface area contributed by atoms with Crippen LogP contribution in [0.3, 0.4) is 0 Å². The summed E-state index contributed by atoms with van der Waals surface area (Å²) in [5.41, 5.74) is 0.326. The molecule has 4 rings (SSSR count). The first-order valence-electron chi connectivity index (χ1n) is 8.67. The molecule has 2 amide bonds. The minimum atomic E-state index is -0.679. The number of carbonyl (C=O) groups excluding carboxylic acids is 2. The number of halogens is 2. The van der Waals surface area contributed by atoms with Gasteiger partial charge in [-0.3, -0.25) is 9.59 Å². The van der Waals surface area contributed by atoms with E-state index in [2.05, 4.69) is 5.32 Å². The van der Waals surface area contributed by atoms with Gasteiger partial charge < -0.3 is 5.32 Å². The molecule has 0 spiro atoms. The van der Waals surface area contributed by atoms with Crippen LogP contribution < -0.4 is 10.2 Å². The number of hydrogen-bond acceptors (Lipinski definition) is 4. The number of rotatable bonds is 5. The Labute approximate surface area is 169 Å². The van der Waals surface area contributed by atoms with Crippen LogP contribution in [0.2, 0.25) is 0 Å². The molecule has 1 N–H and O–H groups in total. The topological polar surface area (TPSA) is 49.4 Å². The first-order valence-corrected chi connectivity index (χ1v) is 9.49. The molecule has 0 saturated carbocycles. The van der Waals surface area contributed by atoms with Crippen LogP contribution in [-0.4, -0.2) is 11.8 Å². The predicted molar refractivity (Wildman–Crippen MR) is 108 cm³/mol. The second-order valence-electron chi connectivity index (χ2n) is 6.15. The molecule has 0 bridgehead atoms. The van der Waals surface area contributed by atoms with Gasteiger partial charge in [-0.2, -0.15) is 0 Å². The van der Waals surface area contributed by atoms with Gasteiger partial charge in [0.05, 0.1) is 5.69 Å². The van der Waals surface area contributed by atoms with E-state index in [1.807, 2.05) is 18.2 Å². The van der Waals surface area contributed by atoms with E-state index < -0.39 is 23.4 Å². The number of imide groups is 1. The lowest BCUT2D eigenvalue weighted by Gasteiger charge is -2.15. The van der Waals surface area contributed by atoms with E-state index in [-0.39, 0.29) is 16.3 Å². The van der Waals surface area contributed by atoms with Crippen molar-refractivity contribution in [1.82, 2.24) is 0 Å². The van der Waals surface area contributed by atoms with Gasteiger partial charge in [0, 0.05) is 10.6 Å². The average Bonchev–Trinajstić information content (AvgIpc) is 2.95. The zero-order valence-corrected chi connectivity index (χ0v) is 15.7. The van der Waals surface area contributed by atoms with Crippen LogP contribution in [0.4, 0.5) is 20.2 Å². The van der Waals surface area contributed by atoms with Crippen LogP contribution in [0.1, 0.15) is 0 Å². The Morgan fingerprint density at radius 2 is 1.41 bits per heavy atom. The summed E-state index contributed by atoms with van der Waals surface area (Å²) in [5, 5.41) is 2.90. The zero-order valence-electron chi connectivity index (χ0n) is 14.9. The molecule has 0 radical (unpaired) electrons. The maximum Gasteiger partial charge on any atom is 0.283 e. The fourth-order valence-electron chi connectivity index (χ4n) is 2.85. The van der Waals surface area contributed by atoms with Crippen LogP contribution in [0.25, 0.3) is 0 Å². The lowest BCUT2D eigenvalue weighted by Crippen LogP contribution is -2.33. The smallest absolute Gasteiger partial charge is 0.283 e.